The fourth-order valence-corrected chi connectivity index (χ4v) is 6.54. The van der Waals surface area contributed by atoms with E-state index in [4.69, 9.17) is 23.2 Å². The van der Waals surface area contributed by atoms with Crippen molar-refractivity contribution in [3.8, 4) is 0 Å². The zero-order valence-corrected chi connectivity index (χ0v) is 21.7. The van der Waals surface area contributed by atoms with E-state index in [-0.39, 0.29) is 24.1 Å². The monoisotopic (exact) mass is 537 g/mol. The molecule has 1 N–H and O–H groups in total. The van der Waals surface area contributed by atoms with E-state index >= 15 is 0 Å². The first kappa shape index (κ1) is 25.9. The first-order valence-corrected chi connectivity index (χ1v) is 14.2. The van der Waals surface area contributed by atoms with Gasteiger partial charge in [0.15, 0.2) is 0 Å². The molecule has 10 heteroatoms. The molecule has 188 valence electrons. The number of rotatable bonds is 6. The molecule has 0 unspecified atom stereocenters. The number of piperidine rings is 2. The summed E-state index contributed by atoms with van der Waals surface area (Å²) in [5, 5.41) is 3.56. The molecule has 0 aliphatic carbocycles. The van der Waals surface area contributed by atoms with Gasteiger partial charge in [-0.2, -0.15) is 0 Å². The number of anilines is 1. The van der Waals surface area contributed by atoms with Crippen molar-refractivity contribution in [1.82, 2.24) is 9.21 Å². The van der Waals surface area contributed by atoms with E-state index in [1.54, 1.807) is 42.5 Å². The van der Waals surface area contributed by atoms with E-state index in [1.807, 2.05) is 4.90 Å². The topological polar surface area (TPSA) is 86.8 Å². The van der Waals surface area contributed by atoms with Gasteiger partial charge in [0.05, 0.1) is 33.0 Å². The number of nitrogens with zero attached hydrogens (tertiary/aromatic N) is 2. The number of hydrogen-bond acceptors (Lipinski definition) is 4. The number of amides is 2. The quantitative estimate of drug-likeness (QED) is 0.573. The summed E-state index contributed by atoms with van der Waals surface area (Å²) >= 11 is 12.0. The largest absolute Gasteiger partial charge is 0.339 e. The lowest BCUT2D eigenvalue weighted by molar-refractivity contribution is -0.120. The summed E-state index contributed by atoms with van der Waals surface area (Å²) in [7, 11) is -3.65. The molecule has 0 saturated carbocycles. The van der Waals surface area contributed by atoms with Crippen molar-refractivity contribution in [2.45, 2.75) is 37.9 Å². The van der Waals surface area contributed by atoms with Crippen LogP contribution in [0.15, 0.2) is 42.5 Å². The van der Waals surface area contributed by atoms with E-state index in [9.17, 15) is 18.0 Å². The molecule has 2 aromatic rings. The van der Waals surface area contributed by atoms with Crippen LogP contribution in [-0.4, -0.2) is 55.6 Å². The molecule has 0 bridgehead atoms. The molecule has 4 rings (SSSR count). The van der Waals surface area contributed by atoms with Crippen molar-refractivity contribution in [1.29, 1.82) is 0 Å². The van der Waals surface area contributed by atoms with Gasteiger partial charge in [-0.1, -0.05) is 41.4 Å². The second-order valence-corrected chi connectivity index (χ2v) is 11.9. The summed E-state index contributed by atoms with van der Waals surface area (Å²) in [5.41, 5.74) is 1.46. The van der Waals surface area contributed by atoms with E-state index < -0.39 is 15.9 Å². The molecular weight excluding hydrogens is 509 g/mol. The van der Waals surface area contributed by atoms with Crippen LogP contribution < -0.4 is 5.32 Å². The Balaban J connectivity index is 1.43. The molecule has 2 heterocycles. The fourth-order valence-electron chi connectivity index (χ4n) is 4.62. The standard InChI is InChI=1S/C25H29Cl2N3O4S/c26-21-11-10-18(15-22(21)27)17-35(33,34)30-14-6-7-19(16-30)24(31)28-23-9-3-2-8-20(23)25(32)29-12-4-1-5-13-29/h2-3,8-11,15,19H,1,4-7,12-14,16-17H2,(H,28,31)/t19-/m0/s1. The number of hydrogen-bond donors (Lipinski definition) is 1. The fraction of sp³-hybridized carbons (Fsp3) is 0.440. The van der Waals surface area contributed by atoms with E-state index in [2.05, 4.69) is 5.32 Å². The maximum atomic E-state index is 13.1. The molecule has 2 amide bonds. The zero-order chi connectivity index (χ0) is 25.0. The number of carbonyl (C=O) groups excluding carboxylic acids is 2. The normalized spacial score (nSPS) is 19.4. The molecular formula is C25H29Cl2N3O4S. The van der Waals surface area contributed by atoms with Gasteiger partial charge in [0.2, 0.25) is 15.9 Å². The average Bonchev–Trinajstić information content (AvgIpc) is 2.86. The predicted molar refractivity (Wildman–Crippen MR) is 138 cm³/mol. The highest BCUT2D eigenvalue weighted by Gasteiger charge is 2.33. The molecule has 2 aliphatic rings. The summed E-state index contributed by atoms with van der Waals surface area (Å²) < 4.78 is 27.5. The molecule has 0 aromatic heterocycles. The molecule has 2 fully saturated rings. The summed E-state index contributed by atoms with van der Waals surface area (Å²) in [6.07, 6.45) is 4.23. The van der Waals surface area contributed by atoms with Crippen LogP contribution in [0.25, 0.3) is 0 Å². The number of carbonyl (C=O) groups is 2. The van der Waals surface area contributed by atoms with Gasteiger partial charge in [0.1, 0.15) is 0 Å². The summed E-state index contributed by atoms with van der Waals surface area (Å²) in [5.74, 6) is -1.09. The number of halogens is 2. The van der Waals surface area contributed by atoms with Crippen LogP contribution >= 0.6 is 23.2 Å². The van der Waals surface area contributed by atoms with Crippen LogP contribution in [0.3, 0.4) is 0 Å². The van der Waals surface area contributed by atoms with Gasteiger partial charge in [0.25, 0.3) is 5.91 Å². The highest BCUT2D eigenvalue weighted by atomic mass is 35.5. The molecule has 35 heavy (non-hydrogen) atoms. The maximum Gasteiger partial charge on any atom is 0.255 e. The zero-order valence-electron chi connectivity index (χ0n) is 19.4. The van der Waals surface area contributed by atoms with Crippen LogP contribution in [0, 0.1) is 5.92 Å². The summed E-state index contributed by atoms with van der Waals surface area (Å²) in [6.45, 7) is 1.89. The third-order valence-electron chi connectivity index (χ3n) is 6.54. The van der Waals surface area contributed by atoms with Crippen LogP contribution in [0.4, 0.5) is 5.69 Å². The Morgan fingerprint density at radius 1 is 0.943 bits per heavy atom. The Hall–Kier alpha value is -2.13. The van der Waals surface area contributed by atoms with Gasteiger partial charge >= 0.3 is 0 Å². The highest BCUT2D eigenvalue weighted by molar-refractivity contribution is 7.88. The van der Waals surface area contributed by atoms with Gasteiger partial charge in [-0.25, -0.2) is 12.7 Å². The lowest BCUT2D eigenvalue weighted by Gasteiger charge is -2.31. The minimum atomic E-state index is -3.65. The number of nitrogens with one attached hydrogen (secondary N) is 1. The van der Waals surface area contributed by atoms with Crippen LogP contribution in [0.1, 0.15) is 48.0 Å². The molecule has 1 atom stereocenters. The molecule has 0 spiro atoms. The van der Waals surface area contributed by atoms with E-state index in [0.717, 1.165) is 32.4 Å². The Bertz CT molecular complexity index is 1200. The SMILES string of the molecule is O=C(Nc1ccccc1C(=O)N1CCCCC1)[C@H]1CCCN(S(=O)(=O)Cc2ccc(Cl)c(Cl)c2)C1. The Kier molecular flexibility index (Phi) is 8.37. The highest BCUT2D eigenvalue weighted by Crippen LogP contribution is 2.27. The minimum Gasteiger partial charge on any atom is -0.339 e. The number of sulfonamides is 1. The average molecular weight is 538 g/mol. The van der Waals surface area contributed by atoms with Crippen molar-refractivity contribution in [3.63, 3.8) is 0 Å². The van der Waals surface area contributed by atoms with Crippen LogP contribution in [-0.2, 0) is 20.6 Å². The molecule has 0 radical (unpaired) electrons. The first-order chi connectivity index (χ1) is 16.7. The van der Waals surface area contributed by atoms with Crippen LogP contribution in [0.2, 0.25) is 10.0 Å². The molecule has 2 saturated heterocycles. The number of para-hydroxylation sites is 1. The van der Waals surface area contributed by atoms with Crippen molar-refractivity contribution < 1.29 is 18.0 Å². The Morgan fingerprint density at radius 2 is 1.69 bits per heavy atom. The number of benzene rings is 2. The number of likely N-dealkylation sites (tertiary alicyclic amines) is 1. The van der Waals surface area contributed by atoms with Crippen LogP contribution in [0.5, 0.6) is 0 Å². The summed E-state index contributed by atoms with van der Waals surface area (Å²) in [6, 6.07) is 11.8. The van der Waals surface area contributed by atoms with Crippen molar-refractivity contribution >= 4 is 50.7 Å². The second kappa shape index (κ2) is 11.3. The Morgan fingerprint density at radius 3 is 2.43 bits per heavy atom. The van der Waals surface area contributed by atoms with Gasteiger partial charge in [0, 0.05) is 26.2 Å². The molecule has 2 aromatic carbocycles. The van der Waals surface area contributed by atoms with Gasteiger partial charge in [-0.15, -0.1) is 0 Å². The minimum absolute atomic E-state index is 0.0879. The van der Waals surface area contributed by atoms with E-state index in [0.29, 0.717) is 46.2 Å². The second-order valence-electron chi connectivity index (χ2n) is 9.09. The van der Waals surface area contributed by atoms with E-state index in [1.165, 1.54) is 4.31 Å². The lowest BCUT2D eigenvalue weighted by atomic mass is 9.98. The maximum absolute atomic E-state index is 13.1. The van der Waals surface area contributed by atoms with Crippen molar-refractivity contribution in [2.24, 2.45) is 5.92 Å². The summed E-state index contributed by atoms with van der Waals surface area (Å²) in [4.78, 5) is 28.0. The first-order valence-electron chi connectivity index (χ1n) is 11.9. The van der Waals surface area contributed by atoms with Gasteiger partial charge < -0.3 is 10.2 Å². The molecule has 7 nitrogen and oxygen atoms in total. The Labute approximate surface area is 216 Å². The van der Waals surface area contributed by atoms with Crippen molar-refractivity contribution in [2.75, 3.05) is 31.5 Å². The third-order valence-corrected chi connectivity index (χ3v) is 9.10. The molecule has 2 aliphatic heterocycles. The van der Waals surface area contributed by atoms with Crippen molar-refractivity contribution in [3.05, 3.63) is 63.6 Å². The van der Waals surface area contributed by atoms with Gasteiger partial charge in [-0.05, 0) is 61.9 Å². The van der Waals surface area contributed by atoms with Gasteiger partial charge in [-0.3, -0.25) is 9.59 Å². The lowest BCUT2D eigenvalue weighted by Crippen LogP contribution is -2.44. The third kappa shape index (κ3) is 6.36. The predicted octanol–water partition coefficient (Wildman–Crippen LogP) is 4.80. The smallest absolute Gasteiger partial charge is 0.255 e.